The standard InChI is InChI=1S/C9H11NO4/c10-9(14,8(12)13)5-6-1-3-7(11)4-2-6/h1-4,11,14H,5,10H2,(H,12,13)/t9-/m1/s1. The lowest BCUT2D eigenvalue weighted by Gasteiger charge is -2.17. The minimum atomic E-state index is -2.27. The first-order chi connectivity index (χ1) is 6.42. The number of phenolic OH excluding ortho intramolecular Hbond substituents is 1. The molecule has 0 amide bonds. The number of carboxylic acid groups (broad SMARTS) is 1. The van der Waals surface area contributed by atoms with Gasteiger partial charge in [-0.25, -0.2) is 4.79 Å². The molecule has 14 heavy (non-hydrogen) atoms. The van der Waals surface area contributed by atoms with Crippen LogP contribution in [0.2, 0.25) is 0 Å². The molecule has 0 aliphatic heterocycles. The predicted octanol–water partition coefficient (Wildman–Crippen LogP) is -0.333. The fourth-order valence-corrected chi connectivity index (χ4v) is 1.00. The molecule has 1 aromatic carbocycles. The van der Waals surface area contributed by atoms with E-state index < -0.39 is 11.7 Å². The van der Waals surface area contributed by atoms with Crippen molar-refractivity contribution >= 4 is 5.97 Å². The van der Waals surface area contributed by atoms with Gasteiger partial charge < -0.3 is 15.3 Å². The number of hydrogen-bond donors (Lipinski definition) is 4. The Kier molecular flexibility index (Phi) is 2.73. The summed E-state index contributed by atoms with van der Waals surface area (Å²) < 4.78 is 0. The molecule has 0 saturated heterocycles. The molecule has 5 N–H and O–H groups in total. The van der Waals surface area contributed by atoms with Crippen molar-refractivity contribution in [3.63, 3.8) is 0 Å². The Balaban J connectivity index is 2.79. The number of hydrogen-bond acceptors (Lipinski definition) is 4. The van der Waals surface area contributed by atoms with Crippen molar-refractivity contribution in [1.29, 1.82) is 0 Å². The molecule has 76 valence electrons. The second-order valence-electron chi connectivity index (χ2n) is 3.07. The van der Waals surface area contributed by atoms with Crippen LogP contribution in [0.3, 0.4) is 0 Å². The molecule has 0 aromatic heterocycles. The highest BCUT2D eigenvalue weighted by Gasteiger charge is 2.30. The zero-order valence-electron chi connectivity index (χ0n) is 7.34. The number of nitrogens with two attached hydrogens (primary N) is 1. The van der Waals surface area contributed by atoms with E-state index in [1.54, 1.807) is 0 Å². The third-order valence-electron chi connectivity index (χ3n) is 1.78. The molecular formula is C9H11NO4. The Bertz CT molecular complexity index is 331. The van der Waals surface area contributed by atoms with Crippen molar-refractivity contribution in [2.24, 2.45) is 5.73 Å². The fourth-order valence-electron chi connectivity index (χ4n) is 1.00. The smallest absolute Gasteiger partial charge is 0.351 e. The van der Waals surface area contributed by atoms with Crippen LogP contribution in [0, 0.1) is 0 Å². The lowest BCUT2D eigenvalue weighted by Crippen LogP contribution is -2.49. The van der Waals surface area contributed by atoms with Crippen molar-refractivity contribution in [3.05, 3.63) is 29.8 Å². The van der Waals surface area contributed by atoms with Crippen LogP contribution in [-0.4, -0.2) is 27.0 Å². The van der Waals surface area contributed by atoms with Gasteiger partial charge in [0.2, 0.25) is 5.72 Å². The summed E-state index contributed by atoms with van der Waals surface area (Å²) in [5.74, 6) is -1.41. The molecule has 0 fully saturated rings. The van der Waals surface area contributed by atoms with E-state index in [4.69, 9.17) is 15.9 Å². The number of carbonyl (C=O) groups is 1. The Morgan fingerprint density at radius 2 is 1.86 bits per heavy atom. The van der Waals surface area contributed by atoms with Gasteiger partial charge in [0, 0.05) is 6.42 Å². The number of carboxylic acids is 1. The summed E-state index contributed by atoms with van der Waals surface area (Å²) >= 11 is 0. The number of aliphatic carboxylic acids is 1. The van der Waals surface area contributed by atoms with Crippen LogP contribution < -0.4 is 5.73 Å². The molecule has 1 atom stereocenters. The molecule has 1 aromatic rings. The first kappa shape index (κ1) is 10.5. The van der Waals surface area contributed by atoms with Crippen LogP contribution >= 0.6 is 0 Å². The lowest BCUT2D eigenvalue weighted by atomic mass is 10.0. The van der Waals surface area contributed by atoms with Crippen LogP contribution in [0.4, 0.5) is 0 Å². The Hall–Kier alpha value is -1.59. The van der Waals surface area contributed by atoms with Crippen LogP contribution in [0.15, 0.2) is 24.3 Å². The van der Waals surface area contributed by atoms with E-state index in [2.05, 4.69) is 0 Å². The van der Waals surface area contributed by atoms with Gasteiger partial charge in [0.1, 0.15) is 5.75 Å². The monoisotopic (exact) mass is 197 g/mol. The van der Waals surface area contributed by atoms with E-state index in [9.17, 15) is 9.90 Å². The fraction of sp³-hybridized carbons (Fsp3) is 0.222. The van der Waals surface area contributed by atoms with Gasteiger partial charge in [0.25, 0.3) is 0 Å². The van der Waals surface area contributed by atoms with Crippen LogP contribution in [-0.2, 0) is 11.2 Å². The van der Waals surface area contributed by atoms with Crippen molar-refractivity contribution in [2.75, 3.05) is 0 Å². The minimum Gasteiger partial charge on any atom is -0.508 e. The number of phenols is 1. The largest absolute Gasteiger partial charge is 0.508 e. The highest BCUT2D eigenvalue weighted by Crippen LogP contribution is 2.13. The van der Waals surface area contributed by atoms with Gasteiger partial charge in [-0.1, -0.05) is 12.1 Å². The Morgan fingerprint density at radius 3 is 2.29 bits per heavy atom. The van der Waals surface area contributed by atoms with E-state index in [0.717, 1.165) is 0 Å². The third-order valence-corrected chi connectivity index (χ3v) is 1.78. The van der Waals surface area contributed by atoms with E-state index in [0.29, 0.717) is 5.56 Å². The Labute approximate surface area is 80.4 Å². The van der Waals surface area contributed by atoms with Crippen LogP contribution in [0.1, 0.15) is 5.56 Å². The molecule has 5 heteroatoms. The SMILES string of the molecule is N[C@@](O)(Cc1ccc(O)cc1)C(=O)O. The number of rotatable bonds is 3. The maximum absolute atomic E-state index is 10.5. The first-order valence-electron chi connectivity index (χ1n) is 3.94. The van der Waals surface area contributed by atoms with Crippen LogP contribution in [0.25, 0.3) is 0 Å². The molecule has 0 heterocycles. The number of aliphatic hydroxyl groups is 1. The van der Waals surface area contributed by atoms with Gasteiger partial charge in [-0.2, -0.15) is 0 Å². The van der Waals surface area contributed by atoms with E-state index in [-0.39, 0.29) is 12.2 Å². The van der Waals surface area contributed by atoms with Gasteiger partial charge in [-0.05, 0) is 17.7 Å². The van der Waals surface area contributed by atoms with Gasteiger partial charge >= 0.3 is 5.97 Å². The molecule has 0 aliphatic rings. The Morgan fingerprint density at radius 1 is 1.36 bits per heavy atom. The highest BCUT2D eigenvalue weighted by atomic mass is 16.4. The van der Waals surface area contributed by atoms with E-state index in [1.165, 1.54) is 24.3 Å². The summed E-state index contributed by atoms with van der Waals surface area (Å²) in [4.78, 5) is 10.5. The maximum atomic E-state index is 10.5. The summed E-state index contributed by atoms with van der Waals surface area (Å²) in [5.41, 5.74) is 3.39. The quantitative estimate of drug-likeness (QED) is 0.496. The molecule has 1 rings (SSSR count). The summed E-state index contributed by atoms with van der Waals surface area (Å²) in [7, 11) is 0. The summed E-state index contributed by atoms with van der Waals surface area (Å²) in [5, 5.41) is 26.7. The second-order valence-corrected chi connectivity index (χ2v) is 3.07. The summed E-state index contributed by atoms with van der Waals surface area (Å²) in [6.45, 7) is 0. The summed E-state index contributed by atoms with van der Waals surface area (Å²) in [6, 6.07) is 5.78. The third kappa shape index (κ3) is 2.45. The van der Waals surface area contributed by atoms with Crippen molar-refractivity contribution in [2.45, 2.75) is 12.1 Å². The zero-order valence-corrected chi connectivity index (χ0v) is 7.34. The van der Waals surface area contributed by atoms with E-state index in [1.807, 2.05) is 0 Å². The predicted molar refractivity (Wildman–Crippen MR) is 48.6 cm³/mol. The molecule has 0 saturated carbocycles. The van der Waals surface area contributed by atoms with Crippen molar-refractivity contribution < 1.29 is 20.1 Å². The average Bonchev–Trinajstić information content (AvgIpc) is 2.08. The van der Waals surface area contributed by atoms with Gasteiger partial charge in [-0.15, -0.1) is 0 Å². The molecule has 0 aliphatic carbocycles. The highest BCUT2D eigenvalue weighted by molar-refractivity contribution is 5.76. The first-order valence-corrected chi connectivity index (χ1v) is 3.94. The lowest BCUT2D eigenvalue weighted by molar-refractivity contribution is -0.157. The van der Waals surface area contributed by atoms with Gasteiger partial charge in [0.15, 0.2) is 0 Å². The average molecular weight is 197 g/mol. The van der Waals surface area contributed by atoms with E-state index >= 15 is 0 Å². The topological polar surface area (TPSA) is 104 Å². The van der Waals surface area contributed by atoms with Crippen LogP contribution in [0.5, 0.6) is 5.75 Å². The molecular weight excluding hydrogens is 186 g/mol. The number of aromatic hydroxyl groups is 1. The summed E-state index contributed by atoms with van der Waals surface area (Å²) in [6.07, 6.45) is -0.206. The maximum Gasteiger partial charge on any atom is 0.351 e. The van der Waals surface area contributed by atoms with Gasteiger partial charge in [-0.3, -0.25) is 5.73 Å². The normalized spacial score (nSPS) is 14.7. The molecule has 0 unspecified atom stereocenters. The van der Waals surface area contributed by atoms with Gasteiger partial charge in [0.05, 0.1) is 0 Å². The second kappa shape index (κ2) is 3.65. The zero-order chi connectivity index (χ0) is 10.8. The minimum absolute atomic E-state index is 0.0737. The van der Waals surface area contributed by atoms with Crippen molar-refractivity contribution in [1.82, 2.24) is 0 Å². The van der Waals surface area contributed by atoms with Crippen molar-refractivity contribution in [3.8, 4) is 5.75 Å². The molecule has 0 radical (unpaired) electrons. The molecule has 0 spiro atoms. The molecule has 5 nitrogen and oxygen atoms in total. The molecule has 0 bridgehead atoms. The number of benzene rings is 1.